The first-order valence-electron chi connectivity index (χ1n) is 8.63. The smallest absolute Gasteiger partial charge is 0.203 e. The van der Waals surface area contributed by atoms with Crippen molar-refractivity contribution in [2.24, 2.45) is 5.10 Å². The number of anilines is 1. The first-order valence-corrected chi connectivity index (χ1v) is 9.51. The minimum atomic E-state index is 0.561. The number of thiazole rings is 1. The van der Waals surface area contributed by atoms with E-state index in [-0.39, 0.29) is 0 Å². The van der Waals surface area contributed by atoms with Crippen molar-refractivity contribution in [1.29, 1.82) is 0 Å². The van der Waals surface area contributed by atoms with Gasteiger partial charge in [-0.3, -0.25) is 5.43 Å². The molecule has 0 saturated carbocycles. The first-order chi connectivity index (χ1) is 13.8. The largest absolute Gasteiger partial charge is 0.493 e. The predicted molar refractivity (Wildman–Crippen MR) is 109 cm³/mol. The number of benzene rings is 2. The third-order valence-electron chi connectivity index (χ3n) is 4.12. The van der Waals surface area contributed by atoms with Gasteiger partial charge in [0.1, 0.15) is 13.2 Å². The molecule has 0 saturated heterocycles. The predicted octanol–water partition coefficient (Wildman–Crippen LogP) is 4.04. The van der Waals surface area contributed by atoms with Gasteiger partial charge < -0.3 is 18.9 Å². The summed E-state index contributed by atoms with van der Waals surface area (Å²) in [6.45, 7) is 1.14. The van der Waals surface area contributed by atoms with Crippen molar-refractivity contribution in [3.05, 3.63) is 47.3 Å². The van der Waals surface area contributed by atoms with Crippen LogP contribution in [-0.2, 0) is 0 Å². The Labute approximate surface area is 166 Å². The number of hydrazone groups is 1. The monoisotopic (exact) mass is 397 g/mol. The number of nitrogens with one attached hydrogen (secondary N) is 1. The summed E-state index contributed by atoms with van der Waals surface area (Å²) in [5, 5.41) is 6.92. The van der Waals surface area contributed by atoms with Crippen LogP contribution in [0.3, 0.4) is 0 Å². The average Bonchev–Trinajstić information content (AvgIpc) is 3.22. The highest BCUT2D eigenvalue weighted by Gasteiger charge is 2.13. The van der Waals surface area contributed by atoms with Crippen LogP contribution in [0.2, 0.25) is 0 Å². The van der Waals surface area contributed by atoms with Crippen LogP contribution >= 0.6 is 11.3 Å². The Kier molecular flexibility index (Phi) is 5.29. The van der Waals surface area contributed by atoms with Crippen molar-refractivity contribution in [2.75, 3.05) is 32.9 Å². The van der Waals surface area contributed by atoms with E-state index in [2.05, 4.69) is 15.5 Å². The summed E-state index contributed by atoms with van der Waals surface area (Å²) in [4.78, 5) is 4.57. The van der Waals surface area contributed by atoms with Gasteiger partial charge in [0.2, 0.25) is 5.13 Å². The molecule has 0 spiro atoms. The molecule has 2 heterocycles. The summed E-state index contributed by atoms with van der Waals surface area (Å²) in [5.41, 5.74) is 5.67. The molecule has 3 aromatic rings. The van der Waals surface area contributed by atoms with Gasteiger partial charge in [-0.2, -0.15) is 5.10 Å². The zero-order chi connectivity index (χ0) is 19.3. The van der Waals surface area contributed by atoms with Crippen LogP contribution in [0, 0.1) is 0 Å². The summed E-state index contributed by atoms with van der Waals surface area (Å²) in [6.07, 6.45) is 1.70. The number of hydrogen-bond donors (Lipinski definition) is 1. The maximum Gasteiger partial charge on any atom is 0.203 e. The normalized spacial score (nSPS) is 12.8. The van der Waals surface area contributed by atoms with Crippen molar-refractivity contribution < 1.29 is 18.9 Å². The van der Waals surface area contributed by atoms with E-state index in [0.29, 0.717) is 29.8 Å². The van der Waals surface area contributed by atoms with E-state index in [9.17, 15) is 0 Å². The van der Waals surface area contributed by atoms with Gasteiger partial charge in [0, 0.05) is 10.9 Å². The molecular formula is C20H19N3O4S. The topological polar surface area (TPSA) is 74.2 Å². The van der Waals surface area contributed by atoms with Gasteiger partial charge in [-0.25, -0.2) is 4.98 Å². The van der Waals surface area contributed by atoms with E-state index in [1.807, 2.05) is 41.8 Å². The number of methoxy groups -OCH3 is 2. The van der Waals surface area contributed by atoms with Crippen LogP contribution in [0.15, 0.2) is 46.9 Å². The van der Waals surface area contributed by atoms with Crippen molar-refractivity contribution in [2.45, 2.75) is 0 Å². The molecule has 0 aliphatic carbocycles. The van der Waals surface area contributed by atoms with Crippen LogP contribution in [0.4, 0.5) is 5.13 Å². The zero-order valence-corrected chi connectivity index (χ0v) is 16.3. The molecule has 0 bridgehead atoms. The highest BCUT2D eigenvalue weighted by molar-refractivity contribution is 7.14. The Hall–Kier alpha value is -3.26. The van der Waals surface area contributed by atoms with E-state index in [4.69, 9.17) is 18.9 Å². The lowest BCUT2D eigenvalue weighted by Gasteiger charge is -2.18. The Bertz CT molecular complexity index is 1000. The first kappa shape index (κ1) is 18.1. The minimum absolute atomic E-state index is 0.561. The van der Waals surface area contributed by atoms with Crippen LogP contribution in [0.1, 0.15) is 5.56 Å². The van der Waals surface area contributed by atoms with E-state index in [0.717, 1.165) is 28.3 Å². The fourth-order valence-electron chi connectivity index (χ4n) is 2.76. The van der Waals surface area contributed by atoms with E-state index in [1.165, 1.54) is 11.3 Å². The summed E-state index contributed by atoms with van der Waals surface area (Å²) >= 11 is 1.48. The SMILES string of the molecule is COc1ccc(C=NNc2nc(-c3ccc4c(c3)OCCO4)cs2)cc1OC. The molecule has 1 aliphatic rings. The van der Waals surface area contributed by atoms with Gasteiger partial charge >= 0.3 is 0 Å². The highest BCUT2D eigenvalue weighted by atomic mass is 32.1. The minimum Gasteiger partial charge on any atom is -0.493 e. The molecule has 1 N–H and O–H groups in total. The molecule has 0 radical (unpaired) electrons. The quantitative estimate of drug-likeness (QED) is 0.500. The van der Waals surface area contributed by atoms with Gasteiger partial charge in [-0.1, -0.05) is 0 Å². The van der Waals surface area contributed by atoms with Gasteiger partial charge in [-0.05, 0) is 42.0 Å². The average molecular weight is 397 g/mol. The highest BCUT2D eigenvalue weighted by Crippen LogP contribution is 2.35. The number of fused-ring (bicyclic) bond motifs is 1. The summed E-state index contributed by atoms with van der Waals surface area (Å²) < 4.78 is 21.7. The van der Waals surface area contributed by atoms with Gasteiger partial charge in [0.05, 0.1) is 26.1 Å². The Morgan fingerprint density at radius 3 is 2.68 bits per heavy atom. The number of nitrogens with zero attached hydrogens (tertiary/aromatic N) is 2. The summed E-state index contributed by atoms with van der Waals surface area (Å²) in [5.74, 6) is 2.85. The fourth-order valence-corrected chi connectivity index (χ4v) is 3.42. The lowest BCUT2D eigenvalue weighted by Crippen LogP contribution is -2.15. The lowest BCUT2D eigenvalue weighted by atomic mass is 10.1. The van der Waals surface area contributed by atoms with Crippen LogP contribution in [0.5, 0.6) is 23.0 Å². The molecule has 0 amide bonds. The second-order valence-electron chi connectivity index (χ2n) is 5.88. The van der Waals surface area contributed by atoms with Crippen molar-refractivity contribution in [1.82, 2.24) is 4.98 Å². The van der Waals surface area contributed by atoms with Gasteiger partial charge in [0.25, 0.3) is 0 Å². The standard InChI is InChI=1S/C20H19N3O4S/c1-24-16-5-3-13(9-18(16)25-2)11-21-23-20-22-15(12-28-20)14-4-6-17-19(10-14)27-8-7-26-17/h3-6,9-12H,7-8H2,1-2H3,(H,22,23). The van der Waals surface area contributed by atoms with E-state index >= 15 is 0 Å². The lowest BCUT2D eigenvalue weighted by molar-refractivity contribution is 0.171. The van der Waals surface area contributed by atoms with E-state index in [1.54, 1.807) is 20.4 Å². The Balaban J connectivity index is 1.44. The maximum atomic E-state index is 5.63. The molecule has 0 unspecified atom stereocenters. The molecule has 2 aromatic carbocycles. The molecule has 8 heteroatoms. The zero-order valence-electron chi connectivity index (χ0n) is 15.5. The van der Waals surface area contributed by atoms with Crippen LogP contribution < -0.4 is 24.4 Å². The number of hydrogen-bond acceptors (Lipinski definition) is 8. The Morgan fingerprint density at radius 1 is 1.04 bits per heavy atom. The van der Waals surface area contributed by atoms with Crippen LogP contribution in [-0.4, -0.2) is 38.6 Å². The van der Waals surface area contributed by atoms with Crippen molar-refractivity contribution in [3.8, 4) is 34.3 Å². The molecule has 144 valence electrons. The van der Waals surface area contributed by atoms with E-state index < -0.39 is 0 Å². The molecule has 28 heavy (non-hydrogen) atoms. The Morgan fingerprint density at radius 2 is 1.86 bits per heavy atom. The van der Waals surface area contributed by atoms with Crippen molar-refractivity contribution in [3.63, 3.8) is 0 Å². The second kappa shape index (κ2) is 8.18. The molecule has 1 aromatic heterocycles. The third kappa shape index (κ3) is 3.86. The maximum absolute atomic E-state index is 5.63. The summed E-state index contributed by atoms with van der Waals surface area (Å²) in [7, 11) is 3.21. The fraction of sp³-hybridized carbons (Fsp3) is 0.200. The van der Waals surface area contributed by atoms with Crippen molar-refractivity contribution >= 4 is 22.7 Å². The number of aromatic nitrogens is 1. The molecular weight excluding hydrogens is 378 g/mol. The summed E-state index contributed by atoms with van der Waals surface area (Å²) in [6, 6.07) is 11.4. The van der Waals surface area contributed by atoms with Gasteiger partial charge in [0.15, 0.2) is 23.0 Å². The third-order valence-corrected chi connectivity index (χ3v) is 4.87. The number of rotatable bonds is 6. The second-order valence-corrected chi connectivity index (χ2v) is 6.74. The molecule has 1 aliphatic heterocycles. The van der Waals surface area contributed by atoms with Gasteiger partial charge in [-0.15, -0.1) is 11.3 Å². The molecule has 0 atom stereocenters. The molecule has 4 rings (SSSR count). The number of ether oxygens (including phenoxy) is 4. The van der Waals surface area contributed by atoms with Crippen LogP contribution in [0.25, 0.3) is 11.3 Å². The molecule has 0 fully saturated rings. The molecule has 7 nitrogen and oxygen atoms in total.